The summed E-state index contributed by atoms with van der Waals surface area (Å²) in [5, 5.41) is 0. The fourth-order valence-corrected chi connectivity index (χ4v) is 8.35. The summed E-state index contributed by atoms with van der Waals surface area (Å²) in [6, 6.07) is 0. The Morgan fingerprint density at radius 3 is 1.22 bits per heavy atom. The molecule has 0 radical (unpaired) electrons. The smallest absolute Gasteiger partial charge is 0.462 e. The van der Waals surface area contributed by atoms with Crippen molar-refractivity contribution in [3.8, 4) is 0 Å². The van der Waals surface area contributed by atoms with E-state index in [0.29, 0.717) is 6.42 Å². The minimum Gasteiger partial charge on any atom is -0.462 e. The summed E-state index contributed by atoms with van der Waals surface area (Å²) in [6.07, 6.45) is 57.5. The van der Waals surface area contributed by atoms with Crippen molar-refractivity contribution in [3.05, 3.63) is 36.5 Å². The lowest BCUT2D eigenvalue weighted by Gasteiger charge is -2.19. The maximum Gasteiger partial charge on any atom is 0.472 e. The van der Waals surface area contributed by atoms with Crippen molar-refractivity contribution < 1.29 is 37.6 Å². The molecule has 0 aromatic rings. The van der Waals surface area contributed by atoms with Crippen LogP contribution in [0.5, 0.6) is 0 Å². The molecular formula is C53H100NO8P. The van der Waals surface area contributed by atoms with Crippen LogP contribution in [-0.2, 0) is 32.7 Å². The Morgan fingerprint density at radius 1 is 0.476 bits per heavy atom. The van der Waals surface area contributed by atoms with E-state index in [4.69, 9.17) is 24.3 Å². The maximum atomic E-state index is 12.7. The van der Waals surface area contributed by atoms with Gasteiger partial charge < -0.3 is 20.1 Å². The van der Waals surface area contributed by atoms with Crippen LogP contribution in [-0.4, -0.2) is 49.3 Å². The molecular weight excluding hydrogens is 810 g/mol. The van der Waals surface area contributed by atoms with Crippen LogP contribution < -0.4 is 5.73 Å². The number of ether oxygens (including phenoxy) is 2. The number of unbranched alkanes of at least 4 members (excludes halogenated alkanes) is 31. The minimum absolute atomic E-state index is 0.0529. The van der Waals surface area contributed by atoms with Crippen LogP contribution in [0.2, 0.25) is 0 Å². The monoisotopic (exact) mass is 910 g/mol. The molecule has 0 amide bonds. The number of hydrogen-bond acceptors (Lipinski definition) is 8. The van der Waals surface area contributed by atoms with Gasteiger partial charge in [0.25, 0.3) is 0 Å². The highest BCUT2D eigenvalue weighted by molar-refractivity contribution is 7.47. The van der Waals surface area contributed by atoms with Crippen LogP contribution in [0.15, 0.2) is 36.5 Å². The van der Waals surface area contributed by atoms with Gasteiger partial charge in [0, 0.05) is 19.4 Å². The lowest BCUT2D eigenvalue weighted by atomic mass is 10.0. The Kier molecular flexibility index (Phi) is 48.3. The second-order valence-electron chi connectivity index (χ2n) is 17.8. The zero-order chi connectivity index (χ0) is 46.0. The molecule has 0 aliphatic rings. The van der Waals surface area contributed by atoms with Crippen LogP contribution in [0, 0.1) is 0 Å². The average molecular weight is 910 g/mol. The predicted octanol–water partition coefficient (Wildman–Crippen LogP) is 16.1. The molecule has 63 heavy (non-hydrogen) atoms. The van der Waals surface area contributed by atoms with Gasteiger partial charge in [-0.3, -0.25) is 18.6 Å². The van der Waals surface area contributed by atoms with E-state index in [-0.39, 0.29) is 38.6 Å². The summed E-state index contributed by atoms with van der Waals surface area (Å²) in [4.78, 5) is 35.1. The molecule has 0 bridgehead atoms. The predicted molar refractivity (Wildman–Crippen MR) is 266 cm³/mol. The van der Waals surface area contributed by atoms with E-state index in [1.54, 1.807) is 0 Å². The van der Waals surface area contributed by atoms with E-state index in [1.165, 1.54) is 167 Å². The van der Waals surface area contributed by atoms with Gasteiger partial charge in [-0.1, -0.05) is 230 Å². The fourth-order valence-electron chi connectivity index (χ4n) is 7.59. The molecule has 0 spiro atoms. The van der Waals surface area contributed by atoms with Crippen LogP contribution in [0.25, 0.3) is 0 Å². The van der Waals surface area contributed by atoms with Gasteiger partial charge in [0.1, 0.15) is 6.61 Å². The second-order valence-corrected chi connectivity index (χ2v) is 19.2. The summed E-state index contributed by atoms with van der Waals surface area (Å²) < 4.78 is 33.0. The molecule has 2 atom stereocenters. The molecule has 0 saturated heterocycles. The number of phosphoric ester groups is 1. The van der Waals surface area contributed by atoms with E-state index in [0.717, 1.165) is 57.8 Å². The summed E-state index contributed by atoms with van der Waals surface area (Å²) in [7, 11) is -4.38. The SMILES string of the molecule is CCCCCCC/C=C\C/C=C\C/C=C\CCCCCCCCCCC(=O)OC(COC(=O)CCCCCCCCCCCCCCCCCCCCC)COP(=O)(O)OCCN. The van der Waals surface area contributed by atoms with Crippen molar-refractivity contribution in [3.63, 3.8) is 0 Å². The molecule has 9 nitrogen and oxygen atoms in total. The van der Waals surface area contributed by atoms with Crippen molar-refractivity contribution in [2.75, 3.05) is 26.4 Å². The van der Waals surface area contributed by atoms with Crippen molar-refractivity contribution in [2.45, 2.75) is 264 Å². The Balaban J connectivity index is 4.03. The standard InChI is InChI=1S/C53H100NO8P/c1-3-5-7-9-11-13-15-17-19-21-23-24-25-26-28-30-32-34-36-38-40-42-44-46-53(56)62-51(50-61-63(57,58)60-48-47-54)49-59-52(55)45-43-41-39-37-35-33-31-29-27-22-20-18-16-14-12-10-8-6-4-2/h15,17,21,23,25-26,51H,3-14,16,18-20,22,24,27-50,54H2,1-2H3,(H,57,58)/b17-15-,23-21-,26-25-. The van der Waals surface area contributed by atoms with Gasteiger partial charge in [0.05, 0.1) is 13.2 Å². The number of carbonyl (C=O) groups is 2. The Labute approximate surface area is 388 Å². The van der Waals surface area contributed by atoms with Gasteiger partial charge in [-0.25, -0.2) is 4.57 Å². The van der Waals surface area contributed by atoms with Crippen molar-refractivity contribution in [2.24, 2.45) is 5.73 Å². The first-order valence-corrected chi connectivity index (χ1v) is 28.0. The first kappa shape index (κ1) is 61.2. The van der Waals surface area contributed by atoms with Gasteiger partial charge in [-0.05, 0) is 51.4 Å². The zero-order valence-electron chi connectivity index (χ0n) is 41.1. The lowest BCUT2D eigenvalue weighted by Crippen LogP contribution is -2.29. The summed E-state index contributed by atoms with van der Waals surface area (Å²) in [6.45, 7) is 3.76. The number of nitrogens with two attached hydrogens (primary N) is 1. The molecule has 0 fully saturated rings. The number of rotatable bonds is 50. The molecule has 0 aromatic heterocycles. The molecule has 0 aliphatic carbocycles. The fraction of sp³-hybridized carbons (Fsp3) is 0.849. The third-order valence-corrected chi connectivity index (χ3v) is 12.5. The molecule has 0 heterocycles. The van der Waals surface area contributed by atoms with Crippen LogP contribution in [0.4, 0.5) is 0 Å². The first-order chi connectivity index (χ1) is 30.8. The molecule has 0 aliphatic heterocycles. The Bertz CT molecular complexity index is 1130. The third-order valence-electron chi connectivity index (χ3n) is 11.5. The molecule has 370 valence electrons. The highest BCUT2D eigenvalue weighted by atomic mass is 31.2. The highest BCUT2D eigenvalue weighted by Crippen LogP contribution is 2.43. The summed E-state index contributed by atoms with van der Waals surface area (Å²) in [5.41, 5.74) is 5.37. The molecule has 0 rings (SSSR count). The average Bonchev–Trinajstić information content (AvgIpc) is 3.27. The van der Waals surface area contributed by atoms with E-state index >= 15 is 0 Å². The number of hydrogen-bond donors (Lipinski definition) is 2. The van der Waals surface area contributed by atoms with E-state index in [2.05, 4.69) is 50.3 Å². The zero-order valence-corrected chi connectivity index (χ0v) is 42.0. The van der Waals surface area contributed by atoms with Gasteiger partial charge in [-0.15, -0.1) is 0 Å². The summed E-state index contributed by atoms with van der Waals surface area (Å²) >= 11 is 0. The third kappa shape index (κ3) is 49.5. The van der Waals surface area contributed by atoms with Crippen molar-refractivity contribution in [1.82, 2.24) is 0 Å². The summed E-state index contributed by atoms with van der Waals surface area (Å²) in [5.74, 6) is -0.825. The molecule has 0 saturated carbocycles. The van der Waals surface area contributed by atoms with E-state index in [1.807, 2.05) is 0 Å². The maximum absolute atomic E-state index is 12.7. The van der Waals surface area contributed by atoms with Crippen molar-refractivity contribution >= 4 is 19.8 Å². The number of allylic oxidation sites excluding steroid dienone is 6. The second kappa shape index (κ2) is 49.7. The van der Waals surface area contributed by atoms with E-state index < -0.39 is 26.5 Å². The quantitative estimate of drug-likeness (QED) is 0.0265. The van der Waals surface area contributed by atoms with Crippen LogP contribution in [0.3, 0.4) is 0 Å². The molecule has 3 N–H and O–H groups in total. The van der Waals surface area contributed by atoms with E-state index in [9.17, 15) is 19.0 Å². The van der Waals surface area contributed by atoms with Gasteiger partial charge in [0.15, 0.2) is 6.10 Å². The number of esters is 2. The number of carbonyl (C=O) groups excluding carboxylic acids is 2. The molecule has 10 heteroatoms. The number of phosphoric acid groups is 1. The molecule has 0 aromatic carbocycles. The minimum atomic E-state index is -4.38. The topological polar surface area (TPSA) is 134 Å². The van der Waals surface area contributed by atoms with Gasteiger partial charge in [-0.2, -0.15) is 0 Å². The molecule has 2 unspecified atom stereocenters. The van der Waals surface area contributed by atoms with Crippen LogP contribution in [0.1, 0.15) is 258 Å². The highest BCUT2D eigenvalue weighted by Gasteiger charge is 2.26. The Hall–Kier alpha value is -1.77. The van der Waals surface area contributed by atoms with Gasteiger partial charge >= 0.3 is 19.8 Å². The largest absolute Gasteiger partial charge is 0.472 e. The first-order valence-electron chi connectivity index (χ1n) is 26.5. The Morgan fingerprint density at radius 2 is 0.825 bits per heavy atom. The van der Waals surface area contributed by atoms with Crippen LogP contribution >= 0.6 is 7.82 Å². The van der Waals surface area contributed by atoms with Crippen molar-refractivity contribution in [1.29, 1.82) is 0 Å². The normalized spacial score (nSPS) is 13.4. The van der Waals surface area contributed by atoms with Gasteiger partial charge in [0.2, 0.25) is 0 Å². The lowest BCUT2D eigenvalue weighted by molar-refractivity contribution is -0.161.